The molecule has 0 unspecified atom stereocenters. The van der Waals surface area contributed by atoms with Crippen molar-refractivity contribution < 1.29 is 8.42 Å². The van der Waals surface area contributed by atoms with E-state index in [9.17, 15) is 8.42 Å². The summed E-state index contributed by atoms with van der Waals surface area (Å²) in [4.78, 5) is 0.243. The Morgan fingerprint density at radius 2 is 1.58 bits per heavy atom. The summed E-state index contributed by atoms with van der Waals surface area (Å²) in [6, 6.07) is 19.9. The van der Waals surface area contributed by atoms with Crippen molar-refractivity contribution >= 4 is 44.6 Å². The zero-order valence-electron chi connectivity index (χ0n) is 16.4. The van der Waals surface area contributed by atoms with Crippen molar-refractivity contribution in [1.82, 2.24) is 0 Å². The highest BCUT2D eigenvalue weighted by Crippen LogP contribution is 2.50. The van der Waals surface area contributed by atoms with Gasteiger partial charge in [0.15, 0.2) is 0 Å². The molecule has 3 aromatic rings. The molecular weight excluding hydrogens is 451 g/mol. The van der Waals surface area contributed by atoms with Crippen molar-refractivity contribution in [3.05, 3.63) is 100 Å². The highest BCUT2D eigenvalue weighted by atomic mass is 35.5. The topological polar surface area (TPSA) is 58.2 Å². The minimum Gasteiger partial charge on any atom is -0.378 e. The Hall–Kier alpha value is -2.47. The first-order valence-electron chi connectivity index (χ1n) is 10.0. The second kappa shape index (κ2) is 7.90. The second-order valence-corrected chi connectivity index (χ2v) is 10.4. The molecule has 0 saturated carbocycles. The van der Waals surface area contributed by atoms with Gasteiger partial charge in [-0.15, -0.1) is 0 Å². The molecule has 5 rings (SSSR count). The highest BCUT2D eigenvalue weighted by Gasteiger charge is 2.38. The van der Waals surface area contributed by atoms with E-state index in [-0.39, 0.29) is 16.9 Å². The maximum atomic E-state index is 13.0. The Morgan fingerprint density at radius 3 is 2.29 bits per heavy atom. The normalized spacial score (nSPS) is 21.8. The number of sulfonamides is 1. The molecular formula is C24H20Cl2N2O2S. The van der Waals surface area contributed by atoms with E-state index in [0.29, 0.717) is 21.7 Å². The molecule has 2 aliphatic rings. The number of fused-ring (bicyclic) bond motifs is 3. The lowest BCUT2D eigenvalue weighted by Gasteiger charge is -2.37. The summed E-state index contributed by atoms with van der Waals surface area (Å²) in [5, 5.41) is 4.89. The Morgan fingerprint density at radius 1 is 0.903 bits per heavy atom. The van der Waals surface area contributed by atoms with Gasteiger partial charge in [-0.25, -0.2) is 8.42 Å². The average Bonchev–Trinajstić information content (AvgIpc) is 3.25. The van der Waals surface area contributed by atoms with E-state index in [4.69, 9.17) is 23.2 Å². The van der Waals surface area contributed by atoms with E-state index in [1.54, 1.807) is 36.4 Å². The van der Waals surface area contributed by atoms with Gasteiger partial charge in [0.1, 0.15) is 0 Å². The van der Waals surface area contributed by atoms with Crippen LogP contribution in [0.3, 0.4) is 0 Å². The van der Waals surface area contributed by atoms with Crippen LogP contribution in [-0.4, -0.2) is 8.42 Å². The first-order valence-corrected chi connectivity index (χ1v) is 12.3. The van der Waals surface area contributed by atoms with Gasteiger partial charge in [-0.3, -0.25) is 4.72 Å². The Balaban J connectivity index is 1.48. The fourth-order valence-electron chi connectivity index (χ4n) is 4.47. The van der Waals surface area contributed by atoms with Crippen LogP contribution >= 0.6 is 23.2 Å². The molecule has 0 fully saturated rings. The summed E-state index contributed by atoms with van der Waals surface area (Å²) < 4.78 is 28.6. The van der Waals surface area contributed by atoms with Crippen LogP contribution in [-0.2, 0) is 10.0 Å². The summed E-state index contributed by atoms with van der Waals surface area (Å²) >= 11 is 12.0. The summed E-state index contributed by atoms with van der Waals surface area (Å²) in [7, 11) is -3.72. The third-order valence-corrected chi connectivity index (χ3v) is 7.85. The standard InChI is InChI=1S/C24H20Cl2N2O2S/c25-16-6-4-15(5-7-16)24-21-3-1-2-20(21)22-14-19(12-13-23(22)27-24)31(29,30)28-18-10-8-17(26)9-11-18/h1-2,4-14,20-21,24,27-28H,3H2/t20-,21+,24+/m0/s1. The van der Waals surface area contributed by atoms with Gasteiger partial charge in [0.25, 0.3) is 10.0 Å². The van der Waals surface area contributed by atoms with E-state index >= 15 is 0 Å². The maximum absolute atomic E-state index is 13.0. The minimum absolute atomic E-state index is 0.138. The van der Waals surface area contributed by atoms with Gasteiger partial charge in [0, 0.05) is 27.3 Å². The molecule has 3 atom stereocenters. The van der Waals surface area contributed by atoms with Crippen molar-refractivity contribution in [3.8, 4) is 0 Å². The molecule has 7 heteroatoms. The molecule has 158 valence electrons. The van der Waals surface area contributed by atoms with Crippen LogP contribution in [0, 0.1) is 5.92 Å². The molecule has 1 aliphatic heterocycles. The third-order valence-electron chi connectivity index (χ3n) is 5.97. The van der Waals surface area contributed by atoms with Gasteiger partial charge in [0.2, 0.25) is 0 Å². The Bertz CT molecular complexity index is 1260. The SMILES string of the molecule is O=S(=O)(Nc1ccc(Cl)cc1)c1ccc2c(c1)[C@H]1C=CC[C@H]1[C@@H](c1ccc(Cl)cc1)N2. The van der Waals surface area contributed by atoms with E-state index in [0.717, 1.165) is 17.7 Å². The van der Waals surface area contributed by atoms with Crippen LogP contribution in [0.5, 0.6) is 0 Å². The zero-order chi connectivity index (χ0) is 21.6. The maximum Gasteiger partial charge on any atom is 0.261 e. The van der Waals surface area contributed by atoms with Crippen molar-refractivity contribution in [2.24, 2.45) is 5.92 Å². The molecule has 4 nitrogen and oxygen atoms in total. The van der Waals surface area contributed by atoms with E-state index in [1.807, 2.05) is 18.2 Å². The number of anilines is 2. The van der Waals surface area contributed by atoms with E-state index < -0.39 is 10.0 Å². The number of rotatable bonds is 4. The Kier molecular flexibility index (Phi) is 5.21. The molecule has 3 aromatic carbocycles. The molecule has 0 aromatic heterocycles. The number of halogens is 2. The van der Waals surface area contributed by atoms with Gasteiger partial charge < -0.3 is 5.32 Å². The molecule has 1 heterocycles. The third kappa shape index (κ3) is 3.93. The monoisotopic (exact) mass is 470 g/mol. The summed E-state index contributed by atoms with van der Waals surface area (Å²) in [5.41, 5.74) is 3.61. The predicted octanol–water partition coefficient (Wildman–Crippen LogP) is 6.62. The van der Waals surface area contributed by atoms with Gasteiger partial charge in [0.05, 0.1) is 10.9 Å². The van der Waals surface area contributed by atoms with Crippen LogP contribution in [0.1, 0.15) is 29.5 Å². The quantitative estimate of drug-likeness (QED) is 0.421. The van der Waals surface area contributed by atoms with Gasteiger partial charge in [-0.1, -0.05) is 47.5 Å². The minimum atomic E-state index is -3.72. The van der Waals surface area contributed by atoms with Crippen LogP contribution in [0.4, 0.5) is 11.4 Å². The molecule has 0 amide bonds. The molecule has 0 bridgehead atoms. The van der Waals surface area contributed by atoms with E-state index in [2.05, 4.69) is 34.3 Å². The van der Waals surface area contributed by atoms with E-state index in [1.165, 1.54) is 5.56 Å². The van der Waals surface area contributed by atoms with Crippen LogP contribution in [0.15, 0.2) is 83.8 Å². The fraction of sp³-hybridized carbons (Fsp3) is 0.167. The molecule has 0 radical (unpaired) electrons. The fourth-order valence-corrected chi connectivity index (χ4v) is 5.82. The van der Waals surface area contributed by atoms with Crippen LogP contribution in [0.2, 0.25) is 10.0 Å². The number of allylic oxidation sites excluding steroid dienone is 2. The van der Waals surface area contributed by atoms with Crippen molar-refractivity contribution in [2.75, 3.05) is 10.0 Å². The average molecular weight is 471 g/mol. The van der Waals surface area contributed by atoms with Gasteiger partial charge in [-0.2, -0.15) is 0 Å². The van der Waals surface area contributed by atoms with Crippen molar-refractivity contribution in [1.29, 1.82) is 0 Å². The molecule has 2 N–H and O–H groups in total. The van der Waals surface area contributed by atoms with Gasteiger partial charge in [-0.05, 0) is 78.1 Å². The number of nitrogens with one attached hydrogen (secondary N) is 2. The number of hydrogen-bond acceptors (Lipinski definition) is 3. The summed E-state index contributed by atoms with van der Waals surface area (Å²) in [5.74, 6) is 0.471. The molecule has 31 heavy (non-hydrogen) atoms. The van der Waals surface area contributed by atoms with Crippen molar-refractivity contribution in [2.45, 2.75) is 23.3 Å². The van der Waals surface area contributed by atoms with Crippen LogP contribution in [0.25, 0.3) is 0 Å². The lowest BCUT2D eigenvalue weighted by atomic mass is 9.77. The number of hydrogen-bond donors (Lipinski definition) is 2. The molecule has 1 aliphatic carbocycles. The highest BCUT2D eigenvalue weighted by molar-refractivity contribution is 7.92. The van der Waals surface area contributed by atoms with Gasteiger partial charge >= 0.3 is 0 Å². The lowest BCUT2D eigenvalue weighted by molar-refractivity contribution is 0.425. The molecule has 0 spiro atoms. The number of benzene rings is 3. The molecule has 0 saturated heterocycles. The van der Waals surface area contributed by atoms with Crippen molar-refractivity contribution in [3.63, 3.8) is 0 Å². The zero-order valence-corrected chi connectivity index (χ0v) is 18.8. The lowest BCUT2D eigenvalue weighted by Crippen LogP contribution is -2.29. The predicted molar refractivity (Wildman–Crippen MR) is 127 cm³/mol. The second-order valence-electron chi connectivity index (χ2n) is 7.89. The first-order chi connectivity index (χ1) is 14.9. The van der Waals surface area contributed by atoms with Crippen LogP contribution < -0.4 is 10.0 Å². The largest absolute Gasteiger partial charge is 0.378 e. The summed E-state index contributed by atoms with van der Waals surface area (Å²) in [6.45, 7) is 0. The summed E-state index contributed by atoms with van der Waals surface area (Å²) in [6.07, 6.45) is 5.31. The smallest absolute Gasteiger partial charge is 0.261 e. The Labute approximate surface area is 192 Å². The first kappa shape index (κ1) is 20.4.